The summed E-state index contributed by atoms with van der Waals surface area (Å²) in [5, 5.41) is 10.1. The third-order valence-electron chi connectivity index (χ3n) is 10.6. The maximum absolute atomic E-state index is 14.4. The van der Waals surface area contributed by atoms with Gasteiger partial charge in [0.1, 0.15) is 34.1 Å². The predicted molar refractivity (Wildman–Crippen MR) is 198 cm³/mol. The third kappa shape index (κ3) is 8.72. The standard InChI is InChI=1S/C37H46N6O9S2/c44-31-29-22-53-33(39-29)23-10-9-12-26(18-23)51-16-7-4-8-17-52-36(48)40-28-13-6-3-1-2-5-11-24-20-37(24,35(47)42-54(49,50)27-14-15-27)41-32(45)30-19-25(38-31)21-43(30)34(28)46/h5,9-12,18,22,24-25,27-28,30H,1-4,6-8,13-17,19-21H2,(H,38,44)(H,40,48)(H,41,45)(H,42,47)/b11-5-/t24-,25+,28-,30-,37+/m0/s1. The Morgan fingerprint density at radius 1 is 0.981 bits per heavy atom. The molecule has 54 heavy (non-hydrogen) atoms. The Morgan fingerprint density at radius 2 is 1.78 bits per heavy atom. The van der Waals surface area contributed by atoms with E-state index in [-0.39, 0.29) is 31.7 Å². The van der Waals surface area contributed by atoms with E-state index in [1.807, 2.05) is 36.4 Å². The van der Waals surface area contributed by atoms with Gasteiger partial charge in [-0.1, -0.05) is 37.1 Å². The summed E-state index contributed by atoms with van der Waals surface area (Å²) in [5.74, 6) is -2.25. The smallest absolute Gasteiger partial charge is 0.407 e. The van der Waals surface area contributed by atoms with Gasteiger partial charge in [0.15, 0.2) is 0 Å². The Bertz CT molecular complexity index is 1910. The minimum absolute atomic E-state index is 0.00936. The molecule has 4 N–H and O–H groups in total. The maximum Gasteiger partial charge on any atom is 0.407 e. The van der Waals surface area contributed by atoms with Gasteiger partial charge in [-0.3, -0.25) is 23.9 Å². The van der Waals surface area contributed by atoms with E-state index in [1.54, 1.807) is 5.38 Å². The van der Waals surface area contributed by atoms with Gasteiger partial charge < -0.3 is 30.3 Å². The number of thiazole rings is 1. The number of amides is 5. The molecule has 0 radical (unpaired) electrons. The number of sulfonamides is 1. The number of alkyl carbamates (subject to hydrolysis) is 1. The molecule has 1 aromatic heterocycles. The van der Waals surface area contributed by atoms with Crippen LogP contribution in [0.25, 0.3) is 10.6 Å². The molecule has 3 fully saturated rings. The van der Waals surface area contributed by atoms with E-state index in [2.05, 4.69) is 25.7 Å². The quantitative estimate of drug-likeness (QED) is 0.335. The molecule has 1 aromatic carbocycles. The number of carbonyl (C=O) groups excluding carboxylic acids is 5. The number of cyclic esters (lactones) is 1. The van der Waals surface area contributed by atoms with Gasteiger partial charge in [0.25, 0.3) is 11.8 Å². The van der Waals surface area contributed by atoms with Gasteiger partial charge in [-0.25, -0.2) is 18.2 Å². The molecule has 4 heterocycles. The highest BCUT2D eigenvalue weighted by atomic mass is 32.2. The number of nitrogens with zero attached hydrogens (tertiary/aromatic N) is 2. The molecule has 2 aromatic rings. The van der Waals surface area contributed by atoms with E-state index in [0.29, 0.717) is 55.9 Å². The van der Waals surface area contributed by atoms with Gasteiger partial charge in [-0.15, -0.1) is 11.3 Å². The van der Waals surface area contributed by atoms with Crippen molar-refractivity contribution in [3.63, 3.8) is 0 Å². The highest BCUT2D eigenvalue weighted by Crippen LogP contribution is 2.46. The molecule has 290 valence electrons. The van der Waals surface area contributed by atoms with Crippen LogP contribution in [0.3, 0.4) is 0 Å². The Labute approximate surface area is 318 Å². The van der Waals surface area contributed by atoms with Crippen LogP contribution in [-0.2, 0) is 29.1 Å². The predicted octanol–water partition coefficient (Wildman–Crippen LogP) is 3.17. The summed E-state index contributed by atoms with van der Waals surface area (Å²) in [5.41, 5.74) is -0.561. The molecule has 5 atom stereocenters. The van der Waals surface area contributed by atoms with Crippen LogP contribution in [0.2, 0.25) is 0 Å². The number of aromatic nitrogens is 1. The van der Waals surface area contributed by atoms with Crippen molar-refractivity contribution in [1.82, 2.24) is 30.6 Å². The van der Waals surface area contributed by atoms with Gasteiger partial charge in [0.2, 0.25) is 21.8 Å². The fourth-order valence-electron chi connectivity index (χ4n) is 7.31. The number of nitrogens with one attached hydrogen (secondary N) is 4. The van der Waals surface area contributed by atoms with E-state index in [0.717, 1.165) is 31.2 Å². The second-order valence-corrected chi connectivity index (χ2v) is 17.6. The summed E-state index contributed by atoms with van der Waals surface area (Å²) in [7, 11) is -3.90. The molecule has 0 spiro atoms. The van der Waals surface area contributed by atoms with Crippen LogP contribution < -0.4 is 25.4 Å². The van der Waals surface area contributed by atoms with Gasteiger partial charge in [-0.2, -0.15) is 0 Å². The van der Waals surface area contributed by atoms with Crippen molar-refractivity contribution in [3.8, 4) is 16.3 Å². The fraction of sp³-hybridized carbons (Fsp3) is 0.568. The van der Waals surface area contributed by atoms with Crippen LogP contribution in [-0.4, -0.2) is 96.7 Å². The van der Waals surface area contributed by atoms with Gasteiger partial charge in [0.05, 0.1) is 18.5 Å². The first-order valence-corrected chi connectivity index (χ1v) is 21.2. The van der Waals surface area contributed by atoms with E-state index < -0.39 is 74.6 Å². The van der Waals surface area contributed by atoms with Crippen LogP contribution in [0.1, 0.15) is 87.5 Å². The Kier molecular flexibility index (Phi) is 11.2. The lowest BCUT2D eigenvalue weighted by molar-refractivity contribution is -0.141. The second-order valence-electron chi connectivity index (χ2n) is 14.7. The molecule has 2 saturated carbocycles. The molecule has 17 heteroatoms. The van der Waals surface area contributed by atoms with Gasteiger partial charge >= 0.3 is 6.09 Å². The molecular weight excluding hydrogens is 737 g/mol. The lowest BCUT2D eigenvalue weighted by Gasteiger charge is -2.30. The van der Waals surface area contributed by atoms with Crippen LogP contribution in [0, 0.1) is 5.92 Å². The number of allylic oxidation sites excluding steroid dienone is 1. The van der Waals surface area contributed by atoms with E-state index >= 15 is 0 Å². The van der Waals surface area contributed by atoms with Gasteiger partial charge in [-0.05, 0) is 76.3 Å². The number of carbonyl (C=O) groups is 5. The van der Waals surface area contributed by atoms with Crippen LogP contribution >= 0.6 is 11.3 Å². The lowest BCUT2D eigenvalue weighted by atomic mass is 10.0. The zero-order chi connectivity index (χ0) is 37.9. The first-order valence-electron chi connectivity index (χ1n) is 18.8. The fourth-order valence-corrected chi connectivity index (χ4v) is 9.47. The van der Waals surface area contributed by atoms with Crippen molar-refractivity contribution in [2.24, 2.45) is 5.92 Å². The lowest BCUT2D eigenvalue weighted by Crippen LogP contribution is -2.58. The summed E-state index contributed by atoms with van der Waals surface area (Å²) < 4.78 is 39.2. The highest BCUT2D eigenvalue weighted by Gasteiger charge is 2.62. The largest absolute Gasteiger partial charge is 0.494 e. The molecule has 15 nitrogen and oxygen atoms in total. The Balaban J connectivity index is 1.17. The Morgan fingerprint density at radius 3 is 2.59 bits per heavy atom. The van der Waals surface area contributed by atoms with E-state index in [4.69, 9.17) is 9.47 Å². The first kappa shape index (κ1) is 37.8. The topological polar surface area (TPSA) is 202 Å². The zero-order valence-corrected chi connectivity index (χ0v) is 31.6. The van der Waals surface area contributed by atoms with E-state index in [1.165, 1.54) is 16.2 Å². The molecule has 5 aliphatic rings. The molecule has 2 aliphatic carbocycles. The molecule has 7 bridgehead atoms. The average molecular weight is 783 g/mol. The summed E-state index contributed by atoms with van der Waals surface area (Å²) in [6, 6.07) is 4.60. The number of fused-ring (bicyclic) bond motifs is 8. The molecule has 1 saturated heterocycles. The van der Waals surface area contributed by atoms with Gasteiger partial charge in [0, 0.05) is 29.4 Å². The normalized spacial score (nSPS) is 29.2. The minimum Gasteiger partial charge on any atom is -0.494 e. The first-order chi connectivity index (χ1) is 26.0. The number of hydrogen-bond donors (Lipinski definition) is 4. The van der Waals surface area contributed by atoms with Crippen LogP contribution in [0.15, 0.2) is 41.8 Å². The monoisotopic (exact) mass is 782 g/mol. The number of benzene rings is 1. The third-order valence-corrected chi connectivity index (χ3v) is 13.3. The summed E-state index contributed by atoms with van der Waals surface area (Å²) in [6.45, 7) is 0.557. The average Bonchev–Trinajstić information content (AvgIpc) is 4.02. The van der Waals surface area contributed by atoms with Crippen molar-refractivity contribution >= 4 is 51.1 Å². The summed E-state index contributed by atoms with van der Waals surface area (Å²) >= 11 is 1.30. The molecular formula is C37H46N6O9S2. The second kappa shape index (κ2) is 16.1. The van der Waals surface area contributed by atoms with Crippen molar-refractivity contribution in [1.29, 1.82) is 0 Å². The highest BCUT2D eigenvalue weighted by molar-refractivity contribution is 7.91. The van der Waals surface area contributed by atoms with Crippen LogP contribution in [0.4, 0.5) is 4.79 Å². The minimum atomic E-state index is -3.90. The van der Waals surface area contributed by atoms with E-state index in [9.17, 15) is 32.4 Å². The molecule has 7 rings (SSSR count). The zero-order valence-electron chi connectivity index (χ0n) is 29.9. The van der Waals surface area contributed by atoms with Crippen molar-refractivity contribution in [2.75, 3.05) is 19.8 Å². The summed E-state index contributed by atoms with van der Waals surface area (Å²) in [4.78, 5) is 74.8. The Hall–Kier alpha value is -4.51. The number of hydrogen-bond acceptors (Lipinski definition) is 11. The van der Waals surface area contributed by atoms with Crippen molar-refractivity contribution in [2.45, 2.75) is 106 Å². The molecule has 5 amide bonds. The number of rotatable bonds is 3. The van der Waals surface area contributed by atoms with Crippen molar-refractivity contribution in [3.05, 3.63) is 47.5 Å². The molecule has 0 unspecified atom stereocenters. The van der Waals surface area contributed by atoms with Crippen molar-refractivity contribution < 1.29 is 41.9 Å². The number of ether oxygens (including phenoxy) is 2. The molecule has 3 aliphatic heterocycles. The maximum atomic E-state index is 14.4. The summed E-state index contributed by atoms with van der Waals surface area (Å²) in [6.07, 6.45) is 9.35. The SMILES string of the molecule is O=C1N[C@H]2CCCCC/C=C\[C@H]3C[C@@]3(C(=O)NS(=O)(=O)C3CC3)NC(=O)[C@@H]3C[C@H](CN3C2=O)NC(=O)c2csc(n2)-c2cccc(c2)OCCCCCO1. The van der Waals surface area contributed by atoms with Crippen LogP contribution in [0.5, 0.6) is 5.75 Å².